The van der Waals surface area contributed by atoms with E-state index in [1.54, 1.807) is 30.3 Å². The molecule has 0 aliphatic heterocycles. The highest BCUT2D eigenvalue weighted by Gasteiger charge is 2.23. The highest BCUT2D eigenvalue weighted by Crippen LogP contribution is 2.32. The SMILES string of the molecule is COc1ccc(C(Cc2ccco2)C(=O)O)cc1OC. The van der Waals surface area contributed by atoms with Gasteiger partial charge in [-0.2, -0.15) is 0 Å². The van der Waals surface area contributed by atoms with Crippen molar-refractivity contribution in [2.75, 3.05) is 14.2 Å². The van der Waals surface area contributed by atoms with Gasteiger partial charge < -0.3 is 19.0 Å². The number of hydrogen-bond acceptors (Lipinski definition) is 4. The maximum Gasteiger partial charge on any atom is 0.311 e. The van der Waals surface area contributed by atoms with Crippen molar-refractivity contribution in [2.24, 2.45) is 0 Å². The first-order valence-electron chi connectivity index (χ1n) is 6.12. The second-order valence-corrected chi connectivity index (χ2v) is 4.29. The first-order chi connectivity index (χ1) is 9.65. The van der Waals surface area contributed by atoms with Crippen LogP contribution < -0.4 is 9.47 Å². The van der Waals surface area contributed by atoms with E-state index in [4.69, 9.17) is 13.9 Å². The molecule has 0 saturated carbocycles. The summed E-state index contributed by atoms with van der Waals surface area (Å²) >= 11 is 0. The summed E-state index contributed by atoms with van der Waals surface area (Å²) in [4.78, 5) is 11.5. The fraction of sp³-hybridized carbons (Fsp3) is 0.267. The molecule has 20 heavy (non-hydrogen) atoms. The van der Waals surface area contributed by atoms with Gasteiger partial charge in [-0.3, -0.25) is 4.79 Å². The van der Waals surface area contributed by atoms with E-state index in [2.05, 4.69) is 0 Å². The number of carboxylic acids is 1. The Morgan fingerprint density at radius 2 is 2.00 bits per heavy atom. The predicted octanol–water partition coefficient (Wildman–Crippen LogP) is 2.71. The minimum Gasteiger partial charge on any atom is -0.493 e. The van der Waals surface area contributed by atoms with Gasteiger partial charge in [-0.15, -0.1) is 0 Å². The maximum atomic E-state index is 11.5. The van der Waals surface area contributed by atoms with Crippen molar-refractivity contribution in [2.45, 2.75) is 12.3 Å². The Morgan fingerprint density at radius 1 is 1.25 bits per heavy atom. The molecule has 0 radical (unpaired) electrons. The van der Waals surface area contributed by atoms with Crippen molar-refractivity contribution in [3.63, 3.8) is 0 Å². The molecule has 5 heteroatoms. The van der Waals surface area contributed by atoms with Crippen LogP contribution in [0.3, 0.4) is 0 Å². The second kappa shape index (κ2) is 6.14. The number of benzene rings is 1. The summed E-state index contributed by atoms with van der Waals surface area (Å²) < 4.78 is 15.6. The van der Waals surface area contributed by atoms with E-state index < -0.39 is 11.9 Å². The lowest BCUT2D eigenvalue weighted by molar-refractivity contribution is -0.138. The Balaban J connectivity index is 2.32. The third-order valence-electron chi connectivity index (χ3n) is 3.09. The molecule has 0 bridgehead atoms. The minimum absolute atomic E-state index is 0.290. The van der Waals surface area contributed by atoms with Gasteiger partial charge >= 0.3 is 5.97 Å². The lowest BCUT2D eigenvalue weighted by atomic mass is 9.94. The first kappa shape index (κ1) is 14.0. The molecule has 106 valence electrons. The van der Waals surface area contributed by atoms with E-state index in [-0.39, 0.29) is 6.42 Å². The zero-order valence-electron chi connectivity index (χ0n) is 11.3. The fourth-order valence-corrected chi connectivity index (χ4v) is 2.05. The molecule has 1 aromatic carbocycles. The Labute approximate surface area is 116 Å². The molecule has 2 aromatic rings. The summed E-state index contributed by atoms with van der Waals surface area (Å²) in [6.07, 6.45) is 1.82. The average Bonchev–Trinajstić information content (AvgIpc) is 2.96. The van der Waals surface area contributed by atoms with Crippen LogP contribution in [0, 0.1) is 0 Å². The summed E-state index contributed by atoms with van der Waals surface area (Å²) in [5, 5.41) is 9.40. The van der Waals surface area contributed by atoms with Gasteiger partial charge in [0.15, 0.2) is 11.5 Å². The van der Waals surface area contributed by atoms with Crippen molar-refractivity contribution in [3.05, 3.63) is 47.9 Å². The van der Waals surface area contributed by atoms with Crippen LogP contribution in [-0.2, 0) is 11.2 Å². The molecule has 1 heterocycles. The lowest BCUT2D eigenvalue weighted by Gasteiger charge is -2.14. The number of hydrogen-bond donors (Lipinski definition) is 1. The molecule has 0 amide bonds. The number of aliphatic carboxylic acids is 1. The van der Waals surface area contributed by atoms with Gasteiger partial charge in [0.05, 0.1) is 26.4 Å². The number of ether oxygens (including phenoxy) is 2. The molecule has 1 N–H and O–H groups in total. The molecule has 0 spiro atoms. The number of furan rings is 1. The zero-order chi connectivity index (χ0) is 14.5. The van der Waals surface area contributed by atoms with Crippen molar-refractivity contribution < 1.29 is 23.8 Å². The van der Waals surface area contributed by atoms with Gasteiger partial charge in [0.1, 0.15) is 5.76 Å². The van der Waals surface area contributed by atoms with E-state index in [9.17, 15) is 9.90 Å². The fourth-order valence-electron chi connectivity index (χ4n) is 2.05. The van der Waals surface area contributed by atoms with Crippen LogP contribution in [0.4, 0.5) is 0 Å². The number of carboxylic acid groups (broad SMARTS) is 1. The molecular weight excluding hydrogens is 260 g/mol. The maximum absolute atomic E-state index is 11.5. The zero-order valence-corrected chi connectivity index (χ0v) is 11.3. The predicted molar refractivity (Wildman–Crippen MR) is 72.3 cm³/mol. The van der Waals surface area contributed by atoms with Crippen LogP contribution in [0.2, 0.25) is 0 Å². The normalized spacial score (nSPS) is 11.9. The van der Waals surface area contributed by atoms with Gasteiger partial charge in [-0.05, 0) is 29.8 Å². The van der Waals surface area contributed by atoms with Gasteiger partial charge in [0.2, 0.25) is 0 Å². The summed E-state index contributed by atoms with van der Waals surface area (Å²) in [6, 6.07) is 8.61. The largest absolute Gasteiger partial charge is 0.493 e. The van der Waals surface area contributed by atoms with Crippen LogP contribution in [0.5, 0.6) is 11.5 Å². The summed E-state index contributed by atoms with van der Waals surface area (Å²) in [5.41, 5.74) is 0.645. The third kappa shape index (κ3) is 2.93. The van der Waals surface area contributed by atoms with E-state index in [0.29, 0.717) is 22.8 Å². The topological polar surface area (TPSA) is 68.9 Å². The number of carbonyl (C=O) groups is 1. The monoisotopic (exact) mass is 276 g/mol. The Morgan fingerprint density at radius 3 is 2.55 bits per heavy atom. The van der Waals surface area contributed by atoms with Gasteiger partial charge in [0.25, 0.3) is 0 Å². The van der Waals surface area contributed by atoms with Crippen molar-refractivity contribution >= 4 is 5.97 Å². The van der Waals surface area contributed by atoms with Gasteiger partial charge in [-0.25, -0.2) is 0 Å². The summed E-state index contributed by atoms with van der Waals surface area (Å²) in [7, 11) is 3.05. The second-order valence-electron chi connectivity index (χ2n) is 4.29. The number of methoxy groups -OCH3 is 2. The van der Waals surface area contributed by atoms with Crippen molar-refractivity contribution in [1.82, 2.24) is 0 Å². The molecular formula is C15H16O5. The van der Waals surface area contributed by atoms with Gasteiger partial charge in [-0.1, -0.05) is 6.07 Å². The quantitative estimate of drug-likeness (QED) is 0.878. The summed E-state index contributed by atoms with van der Waals surface area (Å²) in [6.45, 7) is 0. The molecule has 2 rings (SSSR count). The minimum atomic E-state index is -0.909. The van der Waals surface area contributed by atoms with Crippen LogP contribution in [-0.4, -0.2) is 25.3 Å². The molecule has 1 atom stereocenters. The van der Waals surface area contributed by atoms with Crippen molar-refractivity contribution in [1.29, 1.82) is 0 Å². The highest BCUT2D eigenvalue weighted by atomic mass is 16.5. The van der Waals surface area contributed by atoms with Gasteiger partial charge in [0, 0.05) is 6.42 Å². The Hall–Kier alpha value is -2.43. The highest BCUT2D eigenvalue weighted by molar-refractivity contribution is 5.76. The average molecular weight is 276 g/mol. The lowest BCUT2D eigenvalue weighted by Crippen LogP contribution is -2.14. The molecule has 0 aliphatic rings. The first-order valence-corrected chi connectivity index (χ1v) is 6.12. The molecule has 1 unspecified atom stereocenters. The van der Waals surface area contributed by atoms with Crippen LogP contribution >= 0.6 is 0 Å². The number of rotatable bonds is 6. The van der Waals surface area contributed by atoms with Crippen LogP contribution in [0.15, 0.2) is 41.0 Å². The molecule has 0 aliphatic carbocycles. The molecule has 5 nitrogen and oxygen atoms in total. The summed E-state index contributed by atoms with van der Waals surface area (Å²) in [5.74, 6) is 0.107. The van der Waals surface area contributed by atoms with Crippen LogP contribution in [0.1, 0.15) is 17.2 Å². The van der Waals surface area contributed by atoms with E-state index in [0.717, 1.165) is 0 Å². The van der Waals surface area contributed by atoms with Crippen molar-refractivity contribution in [3.8, 4) is 11.5 Å². The van der Waals surface area contributed by atoms with E-state index in [1.165, 1.54) is 20.5 Å². The standard InChI is InChI=1S/C15H16O5/c1-18-13-6-5-10(8-14(13)19-2)12(15(16)17)9-11-4-3-7-20-11/h3-8,12H,9H2,1-2H3,(H,16,17). The Bertz CT molecular complexity index is 574. The third-order valence-corrected chi connectivity index (χ3v) is 3.09. The van der Waals surface area contributed by atoms with E-state index >= 15 is 0 Å². The molecule has 0 saturated heterocycles. The molecule has 1 aromatic heterocycles. The van der Waals surface area contributed by atoms with Crippen LogP contribution in [0.25, 0.3) is 0 Å². The smallest absolute Gasteiger partial charge is 0.311 e. The Kier molecular flexibility index (Phi) is 4.30. The molecule has 0 fully saturated rings. The van der Waals surface area contributed by atoms with E-state index in [1.807, 2.05) is 0 Å².